The van der Waals surface area contributed by atoms with Gasteiger partial charge in [-0.2, -0.15) is 0 Å². The van der Waals surface area contributed by atoms with Gasteiger partial charge >= 0.3 is 12.2 Å². The van der Waals surface area contributed by atoms with Crippen LogP contribution in [-0.2, 0) is 32.7 Å². The van der Waals surface area contributed by atoms with Crippen molar-refractivity contribution in [3.05, 3.63) is 58.1 Å². The molecule has 47 heavy (non-hydrogen) atoms. The van der Waals surface area contributed by atoms with Crippen molar-refractivity contribution < 1.29 is 23.9 Å². The third-order valence-corrected chi connectivity index (χ3v) is 11.4. The summed E-state index contributed by atoms with van der Waals surface area (Å²) in [4.78, 5) is 48.8. The van der Waals surface area contributed by atoms with E-state index in [9.17, 15) is 14.4 Å². The molecule has 3 N–H and O–H groups in total. The molecule has 0 radical (unpaired) electrons. The Kier molecular flexibility index (Phi) is 8.97. The van der Waals surface area contributed by atoms with Gasteiger partial charge in [0, 0.05) is 76.7 Å². The molecule has 0 aromatic heterocycles. The van der Waals surface area contributed by atoms with E-state index in [1.54, 1.807) is 11.0 Å². The number of amides is 3. The molecule has 5 saturated heterocycles. The van der Waals surface area contributed by atoms with Crippen molar-refractivity contribution in [2.24, 2.45) is 5.92 Å². The summed E-state index contributed by atoms with van der Waals surface area (Å²) in [5.74, 6) is 0.553. The first-order chi connectivity index (χ1) is 22.7. The van der Waals surface area contributed by atoms with Gasteiger partial charge in [-0.1, -0.05) is 42.8 Å². The molecule has 11 nitrogen and oxygen atoms in total. The fourth-order valence-corrected chi connectivity index (χ4v) is 8.60. The number of anilines is 2. The molecule has 252 valence electrons. The minimum absolute atomic E-state index is 0.187. The summed E-state index contributed by atoms with van der Waals surface area (Å²) in [6, 6.07) is 11.9. The highest BCUT2D eigenvalue weighted by atomic mass is 35.5. The van der Waals surface area contributed by atoms with Crippen molar-refractivity contribution in [3.63, 3.8) is 0 Å². The molecule has 2 atom stereocenters. The van der Waals surface area contributed by atoms with Crippen LogP contribution in [0.25, 0.3) is 0 Å². The molecule has 0 saturated carbocycles. The van der Waals surface area contributed by atoms with Crippen molar-refractivity contribution in [1.29, 1.82) is 0 Å². The number of halogens is 1. The monoisotopic (exact) mass is 664 g/mol. The summed E-state index contributed by atoms with van der Waals surface area (Å²) in [5, 5.41) is 3.20. The zero-order valence-electron chi connectivity index (χ0n) is 27.1. The second-order valence-corrected chi connectivity index (χ2v) is 14.1. The standard InChI is InChI=1S/C35H45ClN6O5/c1-2-24-19-23(20-27(36)31(24)37)21-30(32(43)41-17-15-40(16-18-41)29-22-39-11-7-25(29)8-12-39)46-34(45)42-13-9-35(10-14-42)26-5-3-4-6-28(26)38-33(44)47-35/h3-6,19-20,25,29-30H,2,7-18,21-22,37H2,1H3,(H,38,44)/t29?,30-/m1/s1. The van der Waals surface area contributed by atoms with Gasteiger partial charge in [0.25, 0.3) is 5.91 Å². The molecular weight excluding hydrogens is 620 g/mol. The molecule has 8 rings (SSSR count). The zero-order chi connectivity index (χ0) is 32.7. The molecular formula is C35H45ClN6O5. The summed E-state index contributed by atoms with van der Waals surface area (Å²) in [5.41, 5.74) is 9.26. The minimum atomic E-state index is -1.01. The molecule has 3 amide bonds. The lowest BCUT2D eigenvalue weighted by molar-refractivity contribution is -0.144. The maximum Gasteiger partial charge on any atom is 0.412 e. The molecule has 1 unspecified atom stereocenters. The lowest BCUT2D eigenvalue weighted by Crippen LogP contribution is -2.62. The van der Waals surface area contributed by atoms with Crippen LogP contribution < -0.4 is 11.1 Å². The van der Waals surface area contributed by atoms with Crippen LogP contribution in [0.5, 0.6) is 0 Å². The lowest BCUT2D eigenvalue weighted by Gasteiger charge is -2.51. The number of rotatable bonds is 6. The number of hydrogen-bond acceptors (Lipinski definition) is 8. The number of piperazine rings is 1. The number of nitrogen functional groups attached to an aromatic ring is 1. The highest BCUT2D eigenvalue weighted by Crippen LogP contribution is 2.43. The summed E-state index contributed by atoms with van der Waals surface area (Å²) < 4.78 is 11.9. The van der Waals surface area contributed by atoms with Crippen molar-refractivity contribution in [2.75, 3.05) is 70.0 Å². The fraction of sp³-hybridized carbons (Fsp3) is 0.571. The molecule has 6 heterocycles. The van der Waals surface area contributed by atoms with E-state index in [1.807, 2.05) is 42.2 Å². The van der Waals surface area contributed by atoms with E-state index < -0.39 is 23.9 Å². The van der Waals surface area contributed by atoms with Gasteiger partial charge in [0.15, 0.2) is 6.10 Å². The Morgan fingerprint density at radius 2 is 1.77 bits per heavy atom. The number of nitrogens with one attached hydrogen (secondary N) is 1. The zero-order valence-corrected chi connectivity index (χ0v) is 27.8. The van der Waals surface area contributed by atoms with Crippen molar-refractivity contribution in [2.45, 2.75) is 63.2 Å². The number of carbonyl (C=O) groups excluding carboxylic acids is 3. The van der Waals surface area contributed by atoms with Crippen LogP contribution in [-0.4, -0.2) is 109 Å². The maximum atomic E-state index is 14.1. The molecule has 5 fully saturated rings. The number of nitrogens with zero attached hydrogens (tertiary/aromatic N) is 4. The van der Waals surface area contributed by atoms with Crippen molar-refractivity contribution >= 4 is 41.1 Å². The molecule has 2 aromatic rings. The van der Waals surface area contributed by atoms with Gasteiger partial charge in [-0.3, -0.25) is 15.0 Å². The van der Waals surface area contributed by atoms with Crippen molar-refractivity contribution in [3.8, 4) is 0 Å². The Balaban J connectivity index is 1.04. The summed E-state index contributed by atoms with van der Waals surface area (Å²) in [6.45, 7) is 9.02. The fourth-order valence-electron chi connectivity index (χ4n) is 8.34. The van der Waals surface area contributed by atoms with Gasteiger partial charge in [0.2, 0.25) is 0 Å². The SMILES string of the molecule is CCc1cc(C[C@@H](OC(=O)N2CCC3(CC2)OC(=O)Nc2ccccc23)C(=O)N2CCN(C3CN4CCC3CC4)CC2)cc(Cl)c1N. The molecule has 1 spiro atoms. The first-order valence-corrected chi connectivity index (χ1v) is 17.5. The van der Waals surface area contributed by atoms with Crippen LogP contribution >= 0.6 is 11.6 Å². The minimum Gasteiger partial charge on any atom is -0.438 e. The van der Waals surface area contributed by atoms with Gasteiger partial charge in [-0.25, -0.2) is 9.59 Å². The van der Waals surface area contributed by atoms with Crippen LogP contribution in [0.2, 0.25) is 5.02 Å². The van der Waals surface area contributed by atoms with E-state index in [-0.39, 0.29) is 12.3 Å². The van der Waals surface area contributed by atoms with E-state index in [2.05, 4.69) is 15.1 Å². The molecule has 6 aliphatic rings. The van der Waals surface area contributed by atoms with E-state index in [1.165, 1.54) is 25.9 Å². The predicted molar refractivity (Wildman–Crippen MR) is 179 cm³/mol. The quantitative estimate of drug-likeness (QED) is 0.438. The van der Waals surface area contributed by atoms with Gasteiger partial charge in [0.05, 0.1) is 16.4 Å². The summed E-state index contributed by atoms with van der Waals surface area (Å²) >= 11 is 6.49. The number of benzene rings is 2. The molecule has 12 heteroatoms. The Morgan fingerprint density at radius 3 is 2.45 bits per heavy atom. The van der Waals surface area contributed by atoms with E-state index in [4.69, 9.17) is 26.8 Å². The Hall–Kier alpha value is -3.54. The number of hydrogen-bond donors (Lipinski definition) is 2. The maximum absolute atomic E-state index is 14.1. The van der Waals surface area contributed by atoms with Crippen LogP contribution in [0.1, 0.15) is 49.3 Å². The van der Waals surface area contributed by atoms with Crippen LogP contribution in [0.15, 0.2) is 36.4 Å². The summed E-state index contributed by atoms with van der Waals surface area (Å²) in [7, 11) is 0. The van der Waals surface area contributed by atoms with E-state index in [0.29, 0.717) is 62.2 Å². The normalized spacial score (nSPS) is 25.9. The average molecular weight is 665 g/mol. The smallest absolute Gasteiger partial charge is 0.412 e. The highest BCUT2D eigenvalue weighted by molar-refractivity contribution is 6.33. The third-order valence-electron chi connectivity index (χ3n) is 11.1. The largest absolute Gasteiger partial charge is 0.438 e. The molecule has 2 aromatic carbocycles. The Labute approximate surface area is 281 Å². The molecule has 6 aliphatic heterocycles. The van der Waals surface area contributed by atoms with Crippen LogP contribution in [0.4, 0.5) is 21.0 Å². The topological polar surface area (TPSA) is 121 Å². The Morgan fingerprint density at radius 1 is 1.04 bits per heavy atom. The summed E-state index contributed by atoms with van der Waals surface area (Å²) in [6.07, 6.45) is 2.22. The number of piperidine rings is 4. The van der Waals surface area contributed by atoms with Gasteiger partial charge in [-0.05, 0) is 61.5 Å². The lowest BCUT2D eigenvalue weighted by atomic mass is 9.82. The van der Waals surface area contributed by atoms with Crippen LogP contribution in [0, 0.1) is 5.92 Å². The predicted octanol–water partition coefficient (Wildman–Crippen LogP) is 4.32. The second-order valence-electron chi connectivity index (χ2n) is 13.7. The first-order valence-electron chi connectivity index (χ1n) is 17.1. The average Bonchev–Trinajstić information content (AvgIpc) is 3.10. The molecule has 2 bridgehead atoms. The number of likely N-dealkylation sites (tertiary alicyclic amines) is 1. The second kappa shape index (κ2) is 13.2. The Bertz CT molecular complexity index is 1510. The number of nitrogens with two attached hydrogens (primary N) is 1. The van der Waals surface area contributed by atoms with Gasteiger partial charge in [-0.15, -0.1) is 0 Å². The van der Waals surface area contributed by atoms with Gasteiger partial charge < -0.3 is 29.9 Å². The number of aryl methyl sites for hydroxylation is 1. The number of para-hydroxylation sites is 1. The number of ether oxygens (including phenoxy) is 2. The van der Waals surface area contributed by atoms with E-state index >= 15 is 0 Å². The van der Waals surface area contributed by atoms with Gasteiger partial charge in [0.1, 0.15) is 5.60 Å². The van der Waals surface area contributed by atoms with E-state index in [0.717, 1.165) is 47.9 Å². The number of carbonyl (C=O) groups is 3. The third kappa shape index (κ3) is 6.37. The molecule has 0 aliphatic carbocycles. The highest BCUT2D eigenvalue weighted by Gasteiger charge is 2.46. The first kappa shape index (κ1) is 32.0. The number of fused-ring (bicyclic) bond motifs is 5. The van der Waals surface area contributed by atoms with Crippen LogP contribution in [0.3, 0.4) is 0 Å². The van der Waals surface area contributed by atoms with Crippen molar-refractivity contribution in [1.82, 2.24) is 19.6 Å².